The molecule has 0 aliphatic heterocycles. The third kappa shape index (κ3) is 3.17. The summed E-state index contributed by atoms with van der Waals surface area (Å²) in [6, 6.07) is 6.14. The zero-order chi connectivity index (χ0) is 14.7. The van der Waals surface area contributed by atoms with Crippen molar-refractivity contribution in [2.45, 2.75) is 0 Å². The molecule has 0 atom stereocenters. The van der Waals surface area contributed by atoms with Crippen LogP contribution in [0.25, 0.3) is 0 Å². The first kappa shape index (κ1) is 14.5. The number of nitrogens with zero attached hydrogens (tertiary/aromatic N) is 2. The van der Waals surface area contributed by atoms with Crippen molar-refractivity contribution in [2.75, 3.05) is 7.11 Å². The number of rotatable bonds is 4. The second-order valence-corrected chi connectivity index (χ2v) is 4.92. The summed E-state index contributed by atoms with van der Waals surface area (Å²) in [6.45, 7) is 0. The van der Waals surface area contributed by atoms with E-state index in [0.29, 0.717) is 16.0 Å². The molecule has 0 amide bonds. The molecule has 1 heterocycles. The molecule has 0 radical (unpaired) electrons. The van der Waals surface area contributed by atoms with Gasteiger partial charge in [-0.05, 0) is 34.1 Å². The molecule has 1 aromatic carbocycles. The Hall–Kier alpha value is -1.86. The molecule has 20 heavy (non-hydrogen) atoms. The van der Waals surface area contributed by atoms with Gasteiger partial charge < -0.3 is 9.47 Å². The normalized spacial score (nSPS) is 10.2. The predicted molar refractivity (Wildman–Crippen MR) is 76.7 cm³/mol. The van der Waals surface area contributed by atoms with Crippen LogP contribution in [-0.4, -0.2) is 17.0 Å². The zero-order valence-electron chi connectivity index (χ0n) is 10.2. The lowest BCUT2D eigenvalue weighted by atomic mass is 10.3. The largest absolute Gasteiger partial charge is 0.497 e. The number of hydrogen-bond donors (Lipinski definition) is 0. The lowest BCUT2D eigenvalue weighted by molar-refractivity contribution is -0.386. The highest BCUT2D eigenvalue weighted by molar-refractivity contribution is 9.10. The maximum atomic E-state index is 10.9. The molecule has 0 saturated heterocycles. The number of pyridine rings is 1. The van der Waals surface area contributed by atoms with Gasteiger partial charge in [0.2, 0.25) is 0 Å². The zero-order valence-corrected chi connectivity index (χ0v) is 12.5. The van der Waals surface area contributed by atoms with Crippen LogP contribution in [0.5, 0.6) is 17.4 Å². The molecule has 0 N–H and O–H groups in total. The van der Waals surface area contributed by atoms with E-state index < -0.39 is 4.92 Å². The average Bonchev–Trinajstić information content (AvgIpc) is 2.42. The van der Waals surface area contributed by atoms with Gasteiger partial charge in [-0.25, -0.2) is 4.98 Å². The summed E-state index contributed by atoms with van der Waals surface area (Å²) < 4.78 is 11.1. The van der Waals surface area contributed by atoms with Gasteiger partial charge in [-0.1, -0.05) is 11.6 Å². The molecular weight excluding hydrogens is 351 g/mol. The van der Waals surface area contributed by atoms with E-state index in [1.807, 2.05) is 0 Å². The van der Waals surface area contributed by atoms with E-state index in [-0.39, 0.29) is 16.6 Å². The third-order valence-corrected chi connectivity index (χ3v) is 3.17. The molecule has 6 nitrogen and oxygen atoms in total. The number of halogens is 2. The number of benzene rings is 1. The molecule has 0 saturated carbocycles. The van der Waals surface area contributed by atoms with Crippen LogP contribution in [0.2, 0.25) is 5.02 Å². The summed E-state index contributed by atoms with van der Waals surface area (Å²) >= 11 is 8.98. The second kappa shape index (κ2) is 6.06. The Morgan fingerprint density at radius 2 is 2.15 bits per heavy atom. The van der Waals surface area contributed by atoms with E-state index in [1.165, 1.54) is 19.4 Å². The minimum Gasteiger partial charge on any atom is -0.497 e. The number of nitro groups is 1. The van der Waals surface area contributed by atoms with Gasteiger partial charge in [0.1, 0.15) is 11.5 Å². The van der Waals surface area contributed by atoms with Gasteiger partial charge >= 0.3 is 5.69 Å². The van der Waals surface area contributed by atoms with Gasteiger partial charge in [0.15, 0.2) is 0 Å². The summed E-state index contributed by atoms with van der Waals surface area (Å²) in [5.74, 6) is 0.872. The number of hydrogen-bond acceptors (Lipinski definition) is 5. The smallest absolute Gasteiger partial charge is 0.332 e. The predicted octanol–water partition coefficient (Wildman–Crippen LogP) is 4.21. The highest BCUT2D eigenvalue weighted by Crippen LogP contribution is 2.36. The van der Waals surface area contributed by atoms with Crippen molar-refractivity contribution >= 4 is 33.2 Å². The van der Waals surface area contributed by atoms with Crippen molar-refractivity contribution < 1.29 is 14.4 Å². The van der Waals surface area contributed by atoms with Crippen LogP contribution in [0.1, 0.15) is 0 Å². The van der Waals surface area contributed by atoms with Gasteiger partial charge in [0, 0.05) is 6.07 Å². The maximum Gasteiger partial charge on any atom is 0.332 e. The summed E-state index contributed by atoms with van der Waals surface area (Å²) in [6.07, 6.45) is 1.28. The van der Waals surface area contributed by atoms with Crippen LogP contribution in [-0.2, 0) is 0 Å². The van der Waals surface area contributed by atoms with Gasteiger partial charge in [0.25, 0.3) is 5.88 Å². The fourth-order valence-corrected chi connectivity index (χ4v) is 2.01. The molecule has 104 valence electrons. The van der Waals surface area contributed by atoms with Crippen molar-refractivity contribution in [3.63, 3.8) is 0 Å². The van der Waals surface area contributed by atoms with Crippen LogP contribution >= 0.6 is 27.5 Å². The Bertz CT molecular complexity index is 666. The molecule has 0 unspecified atom stereocenters. The van der Waals surface area contributed by atoms with Gasteiger partial charge in [0.05, 0.1) is 27.7 Å². The summed E-state index contributed by atoms with van der Waals surface area (Å²) in [4.78, 5) is 14.2. The van der Waals surface area contributed by atoms with Crippen molar-refractivity contribution in [1.82, 2.24) is 4.98 Å². The van der Waals surface area contributed by atoms with Crippen molar-refractivity contribution in [3.8, 4) is 17.4 Å². The van der Waals surface area contributed by atoms with Crippen molar-refractivity contribution in [1.29, 1.82) is 0 Å². The molecule has 2 rings (SSSR count). The van der Waals surface area contributed by atoms with Crippen LogP contribution in [0, 0.1) is 10.1 Å². The topological polar surface area (TPSA) is 74.5 Å². The standard InChI is InChI=1S/C12H8BrClN2O4/c1-19-8-2-3-11(9(13)5-8)20-12-10(16(17)18)4-7(14)6-15-12/h2-6H,1H3. The van der Waals surface area contributed by atoms with E-state index in [2.05, 4.69) is 20.9 Å². The fraction of sp³-hybridized carbons (Fsp3) is 0.0833. The fourth-order valence-electron chi connectivity index (χ4n) is 1.42. The average molecular weight is 360 g/mol. The van der Waals surface area contributed by atoms with E-state index in [4.69, 9.17) is 21.1 Å². The van der Waals surface area contributed by atoms with Crippen molar-refractivity contribution in [2.24, 2.45) is 0 Å². The molecule has 0 aliphatic rings. The molecular formula is C12H8BrClN2O4. The second-order valence-electron chi connectivity index (χ2n) is 3.63. The Morgan fingerprint density at radius 1 is 1.40 bits per heavy atom. The minimum atomic E-state index is -0.606. The number of ether oxygens (including phenoxy) is 2. The van der Waals surface area contributed by atoms with E-state index in [1.54, 1.807) is 18.2 Å². The van der Waals surface area contributed by atoms with Crippen LogP contribution in [0.4, 0.5) is 5.69 Å². The molecule has 0 bridgehead atoms. The van der Waals surface area contributed by atoms with Crippen molar-refractivity contribution in [3.05, 3.63) is 50.1 Å². The molecule has 1 aromatic heterocycles. The molecule has 2 aromatic rings. The van der Waals surface area contributed by atoms with Gasteiger partial charge in [-0.2, -0.15) is 0 Å². The van der Waals surface area contributed by atoms with Crippen LogP contribution < -0.4 is 9.47 Å². The highest BCUT2D eigenvalue weighted by Gasteiger charge is 2.19. The lowest BCUT2D eigenvalue weighted by Crippen LogP contribution is -1.96. The summed E-state index contributed by atoms with van der Waals surface area (Å²) in [5, 5.41) is 11.1. The number of methoxy groups -OCH3 is 1. The van der Waals surface area contributed by atoms with E-state index in [0.717, 1.165) is 0 Å². The first-order chi connectivity index (χ1) is 9.51. The first-order valence-electron chi connectivity index (χ1n) is 5.32. The molecule has 0 aliphatic carbocycles. The molecule has 8 heteroatoms. The third-order valence-electron chi connectivity index (χ3n) is 2.34. The monoisotopic (exact) mass is 358 g/mol. The Balaban J connectivity index is 2.37. The summed E-state index contributed by atoms with van der Waals surface area (Å²) in [5.41, 5.74) is -0.305. The summed E-state index contributed by atoms with van der Waals surface area (Å²) in [7, 11) is 1.54. The maximum absolute atomic E-state index is 10.9. The first-order valence-corrected chi connectivity index (χ1v) is 6.49. The van der Waals surface area contributed by atoms with Crippen LogP contribution in [0.15, 0.2) is 34.9 Å². The van der Waals surface area contributed by atoms with Gasteiger partial charge in [-0.3, -0.25) is 10.1 Å². The lowest BCUT2D eigenvalue weighted by Gasteiger charge is -2.08. The Labute approximate surface area is 127 Å². The number of aromatic nitrogens is 1. The molecule has 0 fully saturated rings. The quantitative estimate of drug-likeness (QED) is 0.604. The molecule has 0 spiro atoms. The SMILES string of the molecule is COc1ccc(Oc2ncc(Cl)cc2[N+](=O)[O-])c(Br)c1. The Kier molecular flexibility index (Phi) is 4.41. The Morgan fingerprint density at radius 3 is 2.75 bits per heavy atom. The van der Waals surface area contributed by atoms with E-state index >= 15 is 0 Å². The highest BCUT2D eigenvalue weighted by atomic mass is 79.9. The minimum absolute atomic E-state index is 0.134. The van der Waals surface area contributed by atoms with Crippen LogP contribution in [0.3, 0.4) is 0 Å². The van der Waals surface area contributed by atoms with E-state index in [9.17, 15) is 10.1 Å². The van der Waals surface area contributed by atoms with Gasteiger partial charge in [-0.15, -0.1) is 0 Å².